The van der Waals surface area contributed by atoms with Crippen LogP contribution < -0.4 is 9.47 Å². The minimum atomic E-state index is 0.663. The Morgan fingerprint density at radius 1 is 0.875 bits per heavy atom. The first-order valence-electron chi connectivity index (χ1n) is 6.14. The van der Waals surface area contributed by atoms with Gasteiger partial charge in [-0.15, -0.1) is 0 Å². The molecule has 0 unspecified atom stereocenters. The van der Waals surface area contributed by atoms with Crippen LogP contribution in [0.2, 0.25) is 0 Å². The van der Waals surface area contributed by atoms with Crippen molar-refractivity contribution in [2.24, 2.45) is 0 Å². The number of rotatable bonds is 0. The van der Waals surface area contributed by atoms with Gasteiger partial charge in [0.2, 0.25) is 0 Å². The largest absolute Gasteiger partial charge is 0.486 e. The maximum atomic E-state index is 5.48. The number of hydrogen-bond donors (Lipinski definition) is 0. The zero-order valence-electron chi connectivity index (χ0n) is 11.4. The smallest absolute Gasteiger partial charge is 0.164 e. The summed E-state index contributed by atoms with van der Waals surface area (Å²) in [6.07, 6.45) is 0. The molecule has 2 heteroatoms. The lowest BCUT2D eigenvalue weighted by Crippen LogP contribution is -2.16. The van der Waals surface area contributed by atoms with Crippen molar-refractivity contribution in [3.63, 3.8) is 0 Å². The van der Waals surface area contributed by atoms with Gasteiger partial charge in [-0.1, -0.05) is 33.8 Å². The normalized spacial score (nSPS) is 11.6. The molecule has 0 saturated carbocycles. The molecular weight excluding hydrogens is 200 g/mol. The van der Waals surface area contributed by atoms with Crippen molar-refractivity contribution in [1.82, 2.24) is 0 Å². The topological polar surface area (TPSA) is 18.5 Å². The molecule has 0 spiro atoms. The highest BCUT2D eigenvalue weighted by Gasteiger charge is 2.13. The number of hydrogen-bond acceptors (Lipinski definition) is 2. The first-order chi connectivity index (χ1) is 7.77. The second-order valence-electron chi connectivity index (χ2n) is 3.11. The summed E-state index contributed by atoms with van der Waals surface area (Å²) in [6.45, 7) is 13.4. The maximum absolute atomic E-state index is 5.48. The minimum Gasteiger partial charge on any atom is -0.486 e. The number of benzene rings is 1. The Balaban J connectivity index is 0.000000509. The monoisotopic (exact) mass is 224 g/mol. The van der Waals surface area contributed by atoms with E-state index in [-0.39, 0.29) is 0 Å². The van der Waals surface area contributed by atoms with Gasteiger partial charge in [0, 0.05) is 0 Å². The third kappa shape index (κ3) is 3.76. The third-order valence-electron chi connectivity index (χ3n) is 1.97. The molecule has 1 heterocycles. The van der Waals surface area contributed by atoms with Crippen LogP contribution in [0.3, 0.4) is 0 Å². The van der Waals surface area contributed by atoms with Crippen molar-refractivity contribution in [2.75, 3.05) is 13.2 Å². The lowest BCUT2D eigenvalue weighted by atomic mass is 10.1. The molecule has 1 aromatic carbocycles. The second kappa shape index (κ2) is 8.03. The van der Waals surface area contributed by atoms with Crippen LogP contribution in [-0.4, -0.2) is 13.2 Å². The van der Waals surface area contributed by atoms with Crippen LogP contribution in [0.15, 0.2) is 12.1 Å². The predicted octanol–water partition coefficient (Wildman–Crippen LogP) is 4.13. The summed E-state index contributed by atoms with van der Waals surface area (Å²) in [4.78, 5) is 0. The Kier molecular flexibility index (Phi) is 7.44. The molecule has 0 saturated heterocycles. The van der Waals surface area contributed by atoms with Crippen LogP contribution in [0.4, 0.5) is 0 Å². The minimum absolute atomic E-state index is 0.663. The summed E-state index contributed by atoms with van der Waals surface area (Å²) in [6, 6.07) is 4.12. The Morgan fingerprint density at radius 2 is 1.44 bits per heavy atom. The van der Waals surface area contributed by atoms with Crippen LogP contribution >= 0.6 is 0 Å². The van der Waals surface area contributed by atoms with Gasteiger partial charge in [-0.3, -0.25) is 0 Å². The van der Waals surface area contributed by atoms with E-state index in [1.165, 1.54) is 5.56 Å². The highest BCUT2D eigenvalue weighted by molar-refractivity contribution is 5.49. The predicted molar refractivity (Wildman–Crippen MR) is 69.6 cm³/mol. The van der Waals surface area contributed by atoms with Gasteiger partial charge in [0.25, 0.3) is 0 Å². The van der Waals surface area contributed by atoms with Gasteiger partial charge in [-0.25, -0.2) is 0 Å². The molecular formula is C14H24O2. The summed E-state index contributed by atoms with van der Waals surface area (Å²) in [7, 11) is 0. The molecule has 0 atom stereocenters. The van der Waals surface area contributed by atoms with Crippen molar-refractivity contribution < 1.29 is 9.47 Å². The summed E-state index contributed by atoms with van der Waals surface area (Å²) < 4.78 is 10.9. The first-order valence-corrected chi connectivity index (χ1v) is 6.14. The van der Waals surface area contributed by atoms with Crippen LogP contribution in [-0.2, 0) is 0 Å². The third-order valence-corrected chi connectivity index (χ3v) is 1.97. The average Bonchev–Trinajstić information content (AvgIpc) is 2.34. The van der Waals surface area contributed by atoms with Crippen LogP contribution in [0.25, 0.3) is 0 Å². The molecule has 0 bridgehead atoms. The molecule has 1 aliphatic rings. The van der Waals surface area contributed by atoms with E-state index in [0.29, 0.717) is 13.2 Å². The molecule has 16 heavy (non-hydrogen) atoms. The summed E-state index contributed by atoms with van der Waals surface area (Å²) in [5, 5.41) is 0. The van der Waals surface area contributed by atoms with E-state index in [2.05, 4.69) is 13.0 Å². The fraction of sp³-hybridized carbons (Fsp3) is 0.571. The van der Waals surface area contributed by atoms with Crippen LogP contribution in [0, 0.1) is 13.8 Å². The van der Waals surface area contributed by atoms with E-state index >= 15 is 0 Å². The van der Waals surface area contributed by atoms with E-state index in [4.69, 9.17) is 9.47 Å². The zero-order valence-corrected chi connectivity index (χ0v) is 11.4. The molecule has 0 aliphatic carbocycles. The van der Waals surface area contributed by atoms with Crippen molar-refractivity contribution in [3.8, 4) is 11.5 Å². The zero-order chi connectivity index (χ0) is 12.6. The molecule has 92 valence electrons. The fourth-order valence-electron chi connectivity index (χ4n) is 1.50. The molecule has 2 nitrogen and oxygen atoms in total. The van der Waals surface area contributed by atoms with E-state index in [0.717, 1.165) is 17.1 Å². The lowest BCUT2D eigenvalue weighted by molar-refractivity contribution is 0.170. The van der Waals surface area contributed by atoms with E-state index in [1.54, 1.807) is 0 Å². The maximum Gasteiger partial charge on any atom is 0.164 e. The van der Waals surface area contributed by atoms with Crippen molar-refractivity contribution in [1.29, 1.82) is 0 Å². The van der Waals surface area contributed by atoms with Gasteiger partial charge in [0.05, 0.1) is 0 Å². The summed E-state index contributed by atoms with van der Waals surface area (Å²) >= 11 is 0. The molecule has 1 aliphatic heterocycles. The van der Waals surface area contributed by atoms with Gasteiger partial charge < -0.3 is 9.47 Å². The molecule has 0 fully saturated rings. The average molecular weight is 224 g/mol. The number of fused-ring (bicyclic) bond motifs is 1. The Morgan fingerprint density at radius 3 is 2.06 bits per heavy atom. The fourth-order valence-corrected chi connectivity index (χ4v) is 1.50. The van der Waals surface area contributed by atoms with Gasteiger partial charge in [-0.2, -0.15) is 0 Å². The summed E-state index contributed by atoms with van der Waals surface area (Å²) in [5.74, 6) is 1.80. The molecule has 0 amide bonds. The molecule has 1 aromatic rings. The van der Waals surface area contributed by atoms with Crippen molar-refractivity contribution in [2.45, 2.75) is 41.5 Å². The standard InChI is InChI=1S/C10H12O2.2C2H6/c1-7-5-8(2)10-9(6-7)11-3-4-12-10;2*1-2/h5-6H,3-4H2,1-2H3;2*1-2H3. The Hall–Kier alpha value is -1.18. The van der Waals surface area contributed by atoms with E-state index in [1.807, 2.05) is 40.7 Å². The highest BCUT2D eigenvalue weighted by Crippen LogP contribution is 2.34. The lowest BCUT2D eigenvalue weighted by Gasteiger charge is -2.20. The van der Waals surface area contributed by atoms with E-state index in [9.17, 15) is 0 Å². The molecule has 0 aromatic heterocycles. The number of aryl methyl sites for hydroxylation is 2. The van der Waals surface area contributed by atoms with Gasteiger partial charge in [0.15, 0.2) is 11.5 Å². The molecule has 0 N–H and O–H groups in total. The molecule has 2 rings (SSSR count). The van der Waals surface area contributed by atoms with Gasteiger partial charge in [-0.05, 0) is 31.0 Å². The van der Waals surface area contributed by atoms with Crippen molar-refractivity contribution >= 4 is 0 Å². The summed E-state index contributed by atoms with van der Waals surface area (Å²) in [5.41, 5.74) is 2.38. The van der Waals surface area contributed by atoms with Crippen molar-refractivity contribution in [3.05, 3.63) is 23.3 Å². The SMILES string of the molecule is CC.CC.Cc1cc(C)c2c(c1)OCCO2. The van der Waals surface area contributed by atoms with Crippen LogP contribution in [0.1, 0.15) is 38.8 Å². The van der Waals surface area contributed by atoms with E-state index < -0.39 is 0 Å². The first kappa shape index (κ1) is 14.8. The Bertz CT molecular complexity index is 306. The second-order valence-corrected chi connectivity index (χ2v) is 3.11. The van der Waals surface area contributed by atoms with Gasteiger partial charge >= 0.3 is 0 Å². The number of ether oxygens (including phenoxy) is 2. The Labute approximate surface area is 99.6 Å². The quantitative estimate of drug-likeness (QED) is 0.659. The van der Waals surface area contributed by atoms with Gasteiger partial charge in [0.1, 0.15) is 13.2 Å². The van der Waals surface area contributed by atoms with Crippen LogP contribution in [0.5, 0.6) is 11.5 Å². The highest BCUT2D eigenvalue weighted by atomic mass is 16.6. The molecule has 0 radical (unpaired) electrons.